The Hall–Kier alpha value is -0.830. The summed E-state index contributed by atoms with van der Waals surface area (Å²) in [5.74, 6) is -0.677. The molecule has 0 aliphatic rings. The van der Waals surface area contributed by atoms with Gasteiger partial charge in [0.1, 0.15) is 5.82 Å². The molecule has 0 bridgehead atoms. The Morgan fingerprint density at radius 3 is 2.67 bits per heavy atom. The predicted octanol–water partition coefficient (Wildman–Crippen LogP) is 2.75. The Balaban J connectivity index is 3.17. The number of carbonyl (C=O) groups is 1. The SMILES string of the molecule is CSc1ccc(F)c(C(C)=O)c1. The van der Waals surface area contributed by atoms with Crippen LogP contribution in [0.4, 0.5) is 4.39 Å². The Morgan fingerprint density at radius 2 is 2.17 bits per heavy atom. The van der Waals surface area contributed by atoms with Gasteiger partial charge in [-0.1, -0.05) is 0 Å². The molecule has 0 saturated heterocycles. The highest BCUT2D eigenvalue weighted by Gasteiger charge is 2.06. The second-order valence-corrected chi connectivity index (χ2v) is 3.28. The summed E-state index contributed by atoms with van der Waals surface area (Å²) in [6.07, 6.45) is 1.89. The molecule has 0 saturated carbocycles. The van der Waals surface area contributed by atoms with Crippen molar-refractivity contribution in [2.45, 2.75) is 11.8 Å². The van der Waals surface area contributed by atoms with Gasteiger partial charge in [0, 0.05) is 4.90 Å². The molecule has 0 atom stereocenters. The number of Topliss-reactive ketones (excluding diaryl/α,β-unsaturated/α-hetero) is 1. The lowest BCUT2D eigenvalue weighted by molar-refractivity contribution is 0.101. The van der Waals surface area contributed by atoms with E-state index in [0.717, 1.165) is 4.90 Å². The van der Waals surface area contributed by atoms with Crippen LogP contribution in [0.25, 0.3) is 0 Å². The quantitative estimate of drug-likeness (QED) is 0.519. The van der Waals surface area contributed by atoms with Gasteiger partial charge in [0.25, 0.3) is 0 Å². The first kappa shape index (κ1) is 9.26. The van der Waals surface area contributed by atoms with Gasteiger partial charge in [0.2, 0.25) is 0 Å². The predicted molar refractivity (Wildman–Crippen MR) is 48.2 cm³/mol. The normalized spacial score (nSPS) is 9.92. The number of hydrogen-bond acceptors (Lipinski definition) is 2. The zero-order chi connectivity index (χ0) is 9.14. The zero-order valence-electron chi connectivity index (χ0n) is 6.93. The van der Waals surface area contributed by atoms with E-state index >= 15 is 0 Å². The average Bonchev–Trinajstić information content (AvgIpc) is 2.05. The zero-order valence-corrected chi connectivity index (χ0v) is 7.74. The molecule has 0 N–H and O–H groups in total. The first-order valence-corrected chi connectivity index (χ1v) is 4.72. The maximum absolute atomic E-state index is 12.9. The van der Waals surface area contributed by atoms with Gasteiger partial charge >= 0.3 is 0 Å². The van der Waals surface area contributed by atoms with Crippen LogP contribution in [0.3, 0.4) is 0 Å². The van der Waals surface area contributed by atoms with Gasteiger partial charge in [0.05, 0.1) is 5.56 Å². The Kier molecular flexibility index (Phi) is 2.87. The van der Waals surface area contributed by atoms with Gasteiger partial charge in [-0.15, -0.1) is 11.8 Å². The number of benzene rings is 1. The van der Waals surface area contributed by atoms with E-state index in [9.17, 15) is 9.18 Å². The first-order valence-electron chi connectivity index (χ1n) is 3.49. The van der Waals surface area contributed by atoms with Crippen molar-refractivity contribution in [1.29, 1.82) is 0 Å². The highest BCUT2D eigenvalue weighted by Crippen LogP contribution is 2.18. The Labute approximate surface area is 75.0 Å². The summed E-state index contributed by atoms with van der Waals surface area (Å²) in [6, 6.07) is 4.55. The van der Waals surface area contributed by atoms with Gasteiger partial charge in [-0.3, -0.25) is 4.79 Å². The van der Waals surface area contributed by atoms with Crippen LogP contribution in [0, 0.1) is 5.82 Å². The summed E-state index contributed by atoms with van der Waals surface area (Å²) in [5, 5.41) is 0. The van der Waals surface area contributed by atoms with E-state index in [1.165, 1.54) is 24.8 Å². The molecule has 0 amide bonds. The number of halogens is 1. The first-order chi connectivity index (χ1) is 5.65. The Bertz CT molecular complexity index is 309. The monoisotopic (exact) mass is 184 g/mol. The van der Waals surface area contributed by atoms with Gasteiger partial charge in [-0.05, 0) is 31.4 Å². The molecule has 0 spiro atoms. The summed E-state index contributed by atoms with van der Waals surface area (Å²) in [7, 11) is 0. The van der Waals surface area contributed by atoms with Crippen molar-refractivity contribution in [2.75, 3.05) is 6.26 Å². The molecular formula is C9H9FOS. The van der Waals surface area contributed by atoms with Crippen molar-refractivity contribution in [1.82, 2.24) is 0 Å². The summed E-state index contributed by atoms with van der Waals surface area (Å²) in [6.45, 7) is 1.36. The van der Waals surface area contributed by atoms with Crippen molar-refractivity contribution < 1.29 is 9.18 Å². The van der Waals surface area contributed by atoms with Crippen LogP contribution in [-0.2, 0) is 0 Å². The minimum atomic E-state index is -0.444. The lowest BCUT2D eigenvalue weighted by Gasteiger charge is -2.00. The molecule has 0 fully saturated rings. The van der Waals surface area contributed by atoms with E-state index in [1.54, 1.807) is 12.1 Å². The Morgan fingerprint density at radius 1 is 1.50 bits per heavy atom. The van der Waals surface area contributed by atoms with E-state index < -0.39 is 5.82 Å². The molecule has 0 unspecified atom stereocenters. The van der Waals surface area contributed by atoms with Crippen LogP contribution >= 0.6 is 11.8 Å². The minimum absolute atomic E-state index is 0.168. The third-order valence-corrected chi connectivity index (χ3v) is 2.28. The molecule has 1 aromatic rings. The smallest absolute Gasteiger partial charge is 0.162 e. The average molecular weight is 184 g/mol. The molecule has 1 aromatic carbocycles. The topological polar surface area (TPSA) is 17.1 Å². The molecule has 1 nitrogen and oxygen atoms in total. The summed E-state index contributed by atoms with van der Waals surface area (Å²) >= 11 is 1.49. The van der Waals surface area contributed by atoms with Crippen molar-refractivity contribution in [3.8, 4) is 0 Å². The number of thioether (sulfide) groups is 1. The van der Waals surface area contributed by atoms with E-state index in [2.05, 4.69) is 0 Å². The van der Waals surface area contributed by atoms with E-state index in [4.69, 9.17) is 0 Å². The number of hydrogen-bond donors (Lipinski definition) is 0. The second-order valence-electron chi connectivity index (χ2n) is 2.40. The van der Waals surface area contributed by atoms with Crippen molar-refractivity contribution in [3.05, 3.63) is 29.6 Å². The van der Waals surface area contributed by atoms with Crippen LogP contribution in [0.1, 0.15) is 17.3 Å². The third-order valence-electron chi connectivity index (χ3n) is 1.55. The summed E-state index contributed by atoms with van der Waals surface area (Å²) < 4.78 is 12.9. The van der Waals surface area contributed by atoms with E-state index in [1.807, 2.05) is 6.26 Å². The van der Waals surface area contributed by atoms with Gasteiger partial charge < -0.3 is 0 Å². The standard InChI is InChI=1S/C9H9FOS/c1-6(11)8-5-7(12-2)3-4-9(8)10/h3-5H,1-2H3. The number of carbonyl (C=O) groups excluding carboxylic acids is 1. The van der Waals surface area contributed by atoms with Gasteiger partial charge in [-0.2, -0.15) is 0 Å². The molecule has 0 aliphatic carbocycles. The second kappa shape index (κ2) is 3.72. The molecule has 0 heterocycles. The lowest BCUT2D eigenvalue weighted by atomic mass is 10.1. The molecule has 0 aromatic heterocycles. The number of ketones is 1. The van der Waals surface area contributed by atoms with Crippen LogP contribution in [0.15, 0.2) is 23.1 Å². The highest BCUT2D eigenvalue weighted by molar-refractivity contribution is 7.98. The maximum atomic E-state index is 12.9. The van der Waals surface area contributed by atoms with Gasteiger partial charge in [0.15, 0.2) is 5.78 Å². The molecule has 0 aliphatic heterocycles. The molecule has 1 rings (SSSR count). The third kappa shape index (κ3) is 1.85. The molecule has 0 radical (unpaired) electrons. The largest absolute Gasteiger partial charge is 0.294 e. The van der Waals surface area contributed by atoms with Crippen molar-refractivity contribution in [3.63, 3.8) is 0 Å². The van der Waals surface area contributed by atoms with Crippen LogP contribution in [-0.4, -0.2) is 12.0 Å². The van der Waals surface area contributed by atoms with Crippen LogP contribution < -0.4 is 0 Å². The van der Waals surface area contributed by atoms with Crippen molar-refractivity contribution >= 4 is 17.5 Å². The van der Waals surface area contributed by atoms with Crippen LogP contribution in [0.5, 0.6) is 0 Å². The summed E-state index contributed by atoms with van der Waals surface area (Å²) in [5.41, 5.74) is 0.168. The van der Waals surface area contributed by atoms with Crippen LogP contribution in [0.2, 0.25) is 0 Å². The minimum Gasteiger partial charge on any atom is -0.294 e. The number of rotatable bonds is 2. The van der Waals surface area contributed by atoms with Crippen molar-refractivity contribution in [2.24, 2.45) is 0 Å². The van der Waals surface area contributed by atoms with E-state index in [0.29, 0.717) is 0 Å². The van der Waals surface area contributed by atoms with Gasteiger partial charge in [-0.25, -0.2) is 4.39 Å². The lowest BCUT2D eigenvalue weighted by Crippen LogP contribution is -1.96. The fourth-order valence-electron chi connectivity index (χ4n) is 0.901. The molecular weight excluding hydrogens is 175 g/mol. The fourth-order valence-corrected chi connectivity index (χ4v) is 1.34. The maximum Gasteiger partial charge on any atom is 0.162 e. The highest BCUT2D eigenvalue weighted by atomic mass is 32.2. The van der Waals surface area contributed by atoms with E-state index in [-0.39, 0.29) is 11.3 Å². The fraction of sp³-hybridized carbons (Fsp3) is 0.222. The summed E-state index contributed by atoms with van der Waals surface area (Å²) in [4.78, 5) is 11.8. The molecule has 3 heteroatoms. The molecule has 64 valence electrons. The molecule has 12 heavy (non-hydrogen) atoms.